The number of nitrogens with one attached hydrogen (secondary N) is 1. The van der Waals surface area contributed by atoms with Crippen LogP contribution in [0.1, 0.15) is 26.2 Å². The highest BCUT2D eigenvalue weighted by Gasteiger charge is 2.07. The SMILES string of the molecule is CC(CCN)CCC(=O)Nc1ccc(Cl)cn1. The van der Waals surface area contributed by atoms with Crippen molar-refractivity contribution >= 4 is 23.3 Å². The second kappa shape index (κ2) is 7.25. The van der Waals surface area contributed by atoms with Gasteiger partial charge in [-0.2, -0.15) is 0 Å². The zero-order chi connectivity index (χ0) is 12.7. The van der Waals surface area contributed by atoms with E-state index >= 15 is 0 Å². The molecule has 0 aliphatic heterocycles. The fraction of sp³-hybridized carbons (Fsp3) is 0.500. The van der Waals surface area contributed by atoms with E-state index in [0.717, 1.165) is 12.8 Å². The Morgan fingerprint density at radius 2 is 2.29 bits per heavy atom. The van der Waals surface area contributed by atoms with Gasteiger partial charge in [0.15, 0.2) is 0 Å². The van der Waals surface area contributed by atoms with E-state index < -0.39 is 0 Å². The van der Waals surface area contributed by atoms with Crippen molar-refractivity contribution in [1.29, 1.82) is 0 Å². The molecule has 4 nitrogen and oxygen atoms in total. The van der Waals surface area contributed by atoms with Gasteiger partial charge in [-0.25, -0.2) is 4.98 Å². The van der Waals surface area contributed by atoms with Crippen LogP contribution in [0.4, 0.5) is 5.82 Å². The third kappa shape index (κ3) is 5.65. The quantitative estimate of drug-likeness (QED) is 0.820. The molecule has 1 unspecified atom stereocenters. The lowest BCUT2D eigenvalue weighted by atomic mass is 10.0. The molecule has 0 saturated carbocycles. The summed E-state index contributed by atoms with van der Waals surface area (Å²) in [4.78, 5) is 15.6. The van der Waals surface area contributed by atoms with Gasteiger partial charge in [0.25, 0.3) is 0 Å². The summed E-state index contributed by atoms with van der Waals surface area (Å²) in [6.07, 6.45) is 3.79. The van der Waals surface area contributed by atoms with E-state index in [1.54, 1.807) is 12.1 Å². The number of carbonyl (C=O) groups is 1. The molecule has 1 amide bonds. The maximum Gasteiger partial charge on any atom is 0.225 e. The van der Waals surface area contributed by atoms with Crippen LogP contribution in [0.2, 0.25) is 5.02 Å². The van der Waals surface area contributed by atoms with Crippen LogP contribution in [0.25, 0.3) is 0 Å². The van der Waals surface area contributed by atoms with Crippen molar-refractivity contribution in [2.24, 2.45) is 11.7 Å². The molecule has 1 heterocycles. The van der Waals surface area contributed by atoms with Crippen LogP contribution in [0.3, 0.4) is 0 Å². The normalized spacial score (nSPS) is 12.2. The van der Waals surface area contributed by atoms with E-state index in [9.17, 15) is 4.79 Å². The van der Waals surface area contributed by atoms with Crippen molar-refractivity contribution in [3.63, 3.8) is 0 Å². The molecule has 1 atom stereocenters. The molecule has 5 heteroatoms. The highest BCUT2D eigenvalue weighted by atomic mass is 35.5. The lowest BCUT2D eigenvalue weighted by Gasteiger charge is -2.09. The average molecular weight is 256 g/mol. The molecule has 0 aromatic carbocycles. The molecule has 0 saturated heterocycles. The van der Waals surface area contributed by atoms with E-state index in [4.69, 9.17) is 17.3 Å². The number of nitrogens with zero attached hydrogens (tertiary/aromatic N) is 1. The van der Waals surface area contributed by atoms with Crippen LogP contribution in [0.15, 0.2) is 18.3 Å². The third-order valence-electron chi connectivity index (χ3n) is 2.52. The molecule has 0 aliphatic carbocycles. The first-order valence-corrected chi connectivity index (χ1v) is 6.11. The van der Waals surface area contributed by atoms with E-state index in [1.807, 2.05) is 0 Å². The number of hydrogen-bond acceptors (Lipinski definition) is 3. The van der Waals surface area contributed by atoms with Gasteiger partial charge in [0.1, 0.15) is 5.82 Å². The minimum Gasteiger partial charge on any atom is -0.330 e. The van der Waals surface area contributed by atoms with Crippen molar-refractivity contribution in [3.8, 4) is 0 Å². The van der Waals surface area contributed by atoms with Crippen molar-refractivity contribution in [1.82, 2.24) is 4.98 Å². The monoisotopic (exact) mass is 255 g/mol. The Morgan fingerprint density at radius 1 is 1.53 bits per heavy atom. The van der Waals surface area contributed by atoms with Gasteiger partial charge >= 0.3 is 0 Å². The molecule has 1 aromatic rings. The number of aromatic nitrogens is 1. The third-order valence-corrected chi connectivity index (χ3v) is 2.74. The molecule has 17 heavy (non-hydrogen) atoms. The molecule has 0 aliphatic rings. The van der Waals surface area contributed by atoms with Crippen LogP contribution < -0.4 is 11.1 Å². The van der Waals surface area contributed by atoms with Gasteiger partial charge in [-0.1, -0.05) is 18.5 Å². The van der Waals surface area contributed by atoms with E-state index in [2.05, 4.69) is 17.2 Å². The minimum atomic E-state index is -0.0244. The summed E-state index contributed by atoms with van der Waals surface area (Å²) in [5.74, 6) is 0.985. The summed E-state index contributed by atoms with van der Waals surface area (Å²) >= 11 is 5.70. The Balaban J connectivity index is 2.32. The van der Waals surface area contributed by atoms with Gasteiger partial charge in [0, 0.05) is 12.6 Å². The molecule has 0 spiro atoms. The first kappa shape index (κ1) is 13.9. The molecular formula is C12H18ClN3O. The largest absolute Gasteiger partial charge is 0.330 e. The second-order valence-corrected chi connectivity index (χ2v) is 4.57. The molecule has 94 valence electrons. The van der Waals surface area contributed by atoms with E-state index in [-0.39, 0.29) is 5.91 Å². The van der Waals surface area contributed by atoms with Crippen molar-refractivity contribution in [2.45, 2.75) is 26.2 Å². The smallest absolute Gasteiger partial charge is 0.225 e. The standard InChI is InChI=1S/C12H18ClN3O/c1-9(6-7-14)2-5-12(17)16-11-4-3-10(13)8-15-11/h3-4,8-9H,2,5-7,14H2,1H3,(H,15,16,17). The maximum atomic E-state index is 11.6. The lowest BCUT2D eigenvalue weighted by Crippen LogP contribution is -2.14. The molecule has 0 bridgehead atoms. The molecule has 0 radical (unpaired) electrons. The molecular weight excluding hydrogens is 238 g/mol. The number of rotatable bonds is 6. The summed E-state index contributed by atoms with van der Waals surface area (Å²) in [5, 5.41) is 3.28. The van der Waals surface area contributed by atoms with Gasteiger partial charge < -0.3 is 11.1 Å². The van der Waals surface area contributed by atoms with E-state index in [1.165, 1.54) is 6.20 Å². The van der Waals surface area contributed by atoms with Gasteiger partial charge in [-0.3, -0.25) is 4.79 Å². The first-order chi connectivity index (χ1) is 8.11. The van der Waals surface area contributed by atoms with Crippen molar-refractivity contribution in [2.75, 3.05) is 11.9 Å². The fourth-order valence-corrected chi connectivity index (χ4v) is 1.57. The summed E-state index contributed by atoms with van der Waals surface area (Å²) in [7, 11) is 0. The van der Waals surface area contributed by atoms with Gasteiger partial charge in [-0.05, 0) is 37.4 Å². The maximum absolute atomic E-state index is 11.6. The zero-order valence-corrected chi connectivity index (χ0v) is 10.7. The van der Waals surface area contributed by atoms with Gasteiger partial charge in [-0.15, -0.1) is 0 Å². The minimum absolute atomic E-state index is 0.0244. The van der Waals surface area contributed by atoms with E-state index in [0.29, 0.717) is 29.7 Å². The number of pyridine rings is 1. The predicted molar refractivity (Wildman–Crippen MR) is 69.9 cm³/mol. The number of nitrogens with two attached hydrogens (primary N) is 1. The number of hydrogen-bond donors (Lipinski definition) is 2. The average Bonchev–Trinajstić information content (AvgIpc) is 2.30. The van der Waals surface area contributed by atoms with Crippen molar-refractivity contribution in [3.05, 3.63) is 23.4 Å². The summed E-state index contributed by atoms with van der Waals surface area (Å²) in [6, 6.07) is 3.38. The Hall–Kier alpha value is -1.13. The molecule has 3 N–H and O–H groups in total. The van der Waals surface area contributed by atoms with Crippen LogP contribution in [0, 0.1) is 5.92 Å². The van der Waals surface area contributed by atoms with Crippen LogP contribution in [0.5, 0.6) is 0 Å². The van der Waals surface area contributed by atoms with Crippen molar-refractivity contribution < 1.29 is 4.79 Å². The fourth-order valence-electron chi connectivity index (χ4n) is 1.46. The zero-order valence-electron chi connectivity index (χ0n) is 9.95. The highest BCUT2D eigenvalue weighted by molar-refractivity contribution is 6.30. The number of carbonyl (C=O) groups excluding carboxylic acids is 1. The number of anilines is 1. The first-order valence-electron chi connectivity index (χ1n) is 5.73. The Morgan fingerprint density at radius 3 is 2.88 bits per heavy atom. The highest BCUT2D eigenvalue weighted by Crippen LogP contribution is 2.12. The van der Waals surface area contributed by atoms with Crippen LogP contribution >= 0.6 is 11.6 Å². The Bertz CT molecular complexity index is 353. The molecule has 1 aromatic heterocycles. The summed E-state index contributed by atoms with van der Waals surface area (Å²) in [5.41, 5.74) is 5.45. The lowest BCUT2D eigenvalue weighted by molar-refractivity contribution is -0.116. The summed E-state index contributed by atoms with van der Waals surface area (Å²) in [6.45, 7) is 2.77. The second-order valence-electron chi connectivity index (χ2n) is 4.13. The Kier molecular flexibility index (Phi) is 5.94. The molecule has 0 fully saturated rings. The van der Waals surface area contributed by atoms with Crippen LogP contribution in [-0.4, -0.2) is 17.4 Å². The number of amides is 1. The predicted octanol–water partition coefficient (Wildman–Crippen LogP) is 2.44. The van der Waals surface area contributed by atoms with Gasteiger partial charge in [0.05, 0.1) is 5.02 Å². The van der Waals surface area contributed by atoms with Crippen LogP contribution in [-0.2, 0) is 4.79 Å². The Labute approximate surface area is 107 Å². The van der Waals surface area contributed by atoms with Gasteiger partial charge in [0.2, 0.25) is 5.91 Å². The number of halogens is 1. The topological polar surface area (TPSA) is 68.0 Å². The summed E-state index contributed by atoms with van der Waals surface area (Å²) < 4.78 is 0. The molecule has 1 rings (SSSR count).